The van der Waals surface area contributed by atoms with Crippen molar-refractivity contribution in [2.45, 2.75) is 75.6 Å². The van der Waals surface area contributed by atoms with Crippen LogP contribution in [0.3, 0.4) is 0 Å². The second-order valence-electron chi connectivity index (χ2n) is 10.4. The number of carbonyl (C=O) groups is 1. The van der Waals surface area contributed by atoms with Crippen molar-refractivity contribution in [1.82, 2.24) is 0 Å². The molecule has 1 aliphatic rings. The van der Waals surface area contributed by atoms with E-state index in [0.717, 1.165) is 68.2 Å². The fourth-order valence-electron chi connectivity index (χ4n) is 5.06. The van der Waals surface area contributed by atoms with Gasteiger partial charge in [-0.2, -0.15) is 21.6 Å². The summed E-state index contributed by atoms with van der Waals surface area (Å²) in [5.41, 5.74) is -1.85. The van der Waals surface area contributed by atoms with Gasteiger partial charge >= 0.3 is 21.6 Å². The Kier molecular flexibility index (Phi) is 12.7. The summed E-state index contributed by atoms with van der Waals surface area (Å²) < 4.78 is 73.9. The summed E-state index contributed by atoms with van der Waals surface area (Å²) in [6.45, 7) is 3.98. The molecule has 226 valence electrons. The Hall–Kier alpha value is -2.85. The summed E-state index contributed by atoms with van der Waals surface area (Å²) in [7, 11) is -5.50. The van der Waals surface area contributed by atoms with Crippen molar-refractivity contribution in [3.63, 3.8) is 0 Å². The van der Waals surface area contributed by atoms with Crippen molar-refractivity contribution in [2.24, 2.45) is 5.92 Å². The van der Waals surface area contributed by atoms with E-state index in [1.54, 1.807) is 0 Å². The number of rotatable bonds is 16. The van der Waals surface area contributed by atoms with Crippen LogP contribution in [-0.4, -0.2) is 39.7 Å². The van der Waals surface area contributed by atoms with Crippen molar-refractivity contribution in [3.8, 4) is 16.9 Å². The number of benzene rings is 2. The van der Waals surface area contributed by atoms with Gasteiger partial charge in [0, 0.05) is 6.08 Å². The van der Waals surface area contributed by atoms with E-state index < -0.39 is 22.2 Å². The van der Waals surface area contributed by atoms with Gasteiger partial charge in [0.1, 0.15) is 5.75 Å². The molecule has 0 saturated heterocycles. The first kappa shape index (κ1) is 32.7. The molecule has 0 atom stereocenters. The molecule has 0 spiro atoms. The molecule has 2 aromatic carbocycles. The number of hydrogen-bond donors (Lipinski definition) is 0. The predicted octanol–water partition coefficient (Wildman–Crippen LogP) is 7.94. The number of carbonyl (C=O) groups excluding carboxylic acids is 1. The summed E-state index contributed by atoms with van der Waals surface area (Å²) in [6, 6.07) is 16.6. The first-order valence-electron chi connectivity index (χ1n) is 14.2. The van der Waals surface area contributed by atoms with Gasteiger partial charge in [-0.1, -0.05) is 43.0 Å². The van der Waals surface area contributed by atoms with Crippen LogP contribution in [0, 0.1) is 5.92 Å². The van der Waals surface area contributed by atoms with Crippen molar-refractivity contribution in [1.29, 1.82) is 0 Å². The molecule has 10 heteroatoms. The average Bonchev–Trinajstić information content (AvgIpc) is 2.96. The van der Waals surface area contributed by atoms with Crippen LogP contribution >= 0.6 is 0 Å². The van der Waals surface area contributed by atoms with Gasteiger partial charge in [-0.15, -0.1) is 0 Å². The Morgan fingerprint density at radius 2 is 1.41 bits per heavy atom. The highest BCUT2D eigenvalue weighted by Crippen LogP contribution is 2.38. The average molecular weight is 597 g/mol. The third-order valence-electron chi connectivity index (χ3n) is 7.41. The molecule has 0 unspecified atom stereocenters. The normalized spacial score (nSPS) is 17.6. The van der Waals surface area contributed by atoms with Crippen LogP contribution in [-0.2, 0) is 23.8 Å². The zero-order valence-corrected chi connectivity index (χ0v) is 24.1. The van der Waals surface area contributed by atoms with Crippen molar-refractivity contribution >= 4 is 16.1 Å². The van der Waals surface area contributed by atoms with E-state index in [1.807, 2.05) is 24.3 Å². The van der Waals surface area contributed by atoms with E-state index >= 15 is 0 Å². The van der Waals surface area contributed by atoms with Gasteiger partial charge in [-0.25, -0.2) is 4.79 Å². The van der Waals surface area contributed by atoms with Gasteiger partial charge in [0.15, 0.2) is 0 Å². The smallest absolute Gasteiger partial charge is 0.494 e. The Labute approximate surface area is 241 Å². The van der Waals surface area contributed by atoms with E-state index in [-0.39, 0.29) is 5.97 Å². The van der Waals surface area contributed by atoms with Gasteiger partial charge in [0.05, 0.1) is 19.8 Å². The molecule has 0 aliphatic heterocycles. The number of esters is 1. The zero-order valence-electron chi connectivity index (χ0n) is 23.2. The maximum absolute atomic E-state index is 12.3. The third kappa shape index (κ3) is 10.8. The number of halogens is 3. The first-order chi connectivity index (χ1) is 19.6. The topological polar surface area (TPSA) is 78.9 Å². The van der Waals surface area contributed by atoms with Gasteiger partial charge in [-0.3, -0.25) is 4.18 Å². The number of alkyl halides is 3. The molecule has 3 rings (SSSR count). The third-order valence-corrected chi connectivity index (χ3v) is 8.46. The quantitative estimate of drug-likeness (QED) is 0.0644. The maximum Gasteiger partial charge on any atom is 0.523 e. The number of hydrogen-bond acceptors (Lipinski definition) is 6. The molecule has 6 nitrogen and oxygen atoms in total. The predicted molar refractivity (Wildman–Crippen MR) is 152 cm³/mol. The lowest BCUT2D eigenvalue weighted by Crippen LogP contribution is -2.26. The van der Waals surface area contributed by atoms with Gasteiger partial charge in [-0.05, 0) is 105 Å². The lowest BCUT2D eigenvalue weighted by molar-refractivity contribution is -0.137. The molecule has 0 heterocycles. The molecule has 0 aromatic heterocycles. The molecule has 0 bridgehead atoms. The van der Waals surface area contributed by atoms with E-state index in [2.05, 4.69) is 35.0 Å². The van der Waals surface area contributed by atoms with E-state index in [1.165, 1.54) is 11.6 Å². The van der Waals surface area contributed by atoms with Crippen LogP contribution in [0.1, 0.15) is 75.7 Å². The van der Waals surface area contributed by atoms with E-state index in [0.29, 0.717) is 37.9 Å². The van der Waals surface area contributed by atoms with E-state index in [4.69, 9.17) is 9.47 Å². The van der Waals surface area contributed by atoms with Gasteiger partial charge in [0.2, 0.25) is 0 Å². The summed E-state index contributed by atoms with van der Waals surface area (Å²) in [4.78, 5) is 11.0. The Morgan fingerprint density at radius 3 is 2.00 bits per heavy atom. The number of unbranched alkanes of at least 4 members (excludes halogenated alkanes) is 3. The molecule has 0 radical (unpaired) electrons. The molecular formula is C31H39F3O6S. The minimum absolute atomic E-state index is 0.291. The van der Waals surface area contributed by atoms with Crippen molar-refractivity contribution in [2.75, 3.05) is 19.8 Å². The maximum atomic E-state index is 12.3. The highest BCUT2D eigenvalue weighted by Gasteiger charge is 2.47. The Balaban J connectivity index is 1.33. The van der Waals surface area contributed by atoms with Crippen LogP contribution in [0.4, 0.5) is 13.2 Å². The lowest BCUT2D eigenvalue weighted by atomic mass is 9.77. The second-order valence-corrected chi connectivity index (χ2v) is 12.0. The van der Waals surface area contributed by atoms with Gasteiger partial charge in [0.25, 0.3) is 0 Å². The fourth-order valence-corrected chi connectivity index (χ4v) is 5.53. The molecule has 1 aliphatic carbocycles. The largest absolute Gasteiger partial charge is 0.523 e. The van der Waals surface area contributed by atoms with Crippen LogP contribution in [0.25, 0.3) is 11.1 Å². The van der Waals surface area contributed by atoms with Crippen LogP contribution < -0.4 is 4.74 Å². The molecular weight excluding hydrogens is 557 g/mol. The molecule has 2 aromatic rings. The van der Waals surface area contributed by atoms with Crippen LogP contribution in [0.15, 0.2) is 61.2 Å². The van der Waals surface area contributed by atoms with Crippen molar-refractivity contribution in [3.05, 3.63) is 66.7 Å². The summed E-state index contributed by atoms with van der Waals surface area (Å²) in [5.74, 6) is 1.26. The van der Waals surface area contributed by atoms with Crippen LogP contribution in [0.2, 0.25) is 0 Å². The standard InChI is InChI=1S/C31H39F3O6S/c1-2-30(35)39-22-6-4-3-5-21-38-29-19-17-28(18-20-29)27-15-13-26(14-16-27)25-11-9-24(10-12-25)8-7-23-40-41(36,37)31(32,33)34/h2,13-20,24-25H,1,3-12,21-23H2. The summed E-state index contributed by atoms with van der Waals surface area (Å²) in [6.07, 6.45) is 9.79. The van der Waals surface area contributed by atoms with Crippen LogP contribution in [0.5, 0.6) is 5.75 Å². The highest BCUT2D eigenvalue weighted by molar-refractivity contribution is 7.87. The minimum atomic E-state index is -5.50. The molecule has 1 saturated carbocycles. The molecule has 41 heavy (non-hydrogen) atoms. The second kappa shape index (κ2) is 16.0. The van der Waals surface area contributed by atoms with Gasteiger partial charge < -0.3 is 9.47 Å². The zero-order chi connectivity index (χ0) is 29.7. The number of ether oxygens (including phenoxy) is 2. The lowest BCUT2D eigenvalue weighted by Gasteiger charge is -2.29. The summed E-state index contributed by atoms with van der Waals surface area (Å²) >= 11 is 0. The van der Waals surface area contributed by atoms with E-state index in [9.17, 15) is 26.4 Å². The molecule has 0 N–H and O–H groups in total. The first-order valence-corrected chi connectivity index (χ1v) is 15.6. The van der Waals surface area contributed by atoms with Crippen molar-refractivity contribution < 1.29 is 40.0 Å². The minimum Gasteiger partial charge on any atom is -0.494 e. The molecule has 1 fully saturated rings. The SMILES string of the molecule is C=CC(=O)OCCCCCCOc1ccc(-c2ccc(C3CCC(CCCOS(=O)(=O)C(F)(F)F)CC3)cc2)cc1. The fraction of sp³-hybridized carbons (Fsp3) is 0.516. The molecule has 0 amide bonds. The Morgan fingerprint density at radius 1 is 0.829 bits per heavy atom. The monoisotopic (exact) mass is 596 g/mol. The Bertz CT molecular complexity index is 1190. The highest BCUT2D eigenvalue weighted by atomic mass is 32.2. The summed E-state index contributed by atoms with van der Waals surface area (Å²) in [5, 5.41) is 0.